The number of nitrogens with zero attached hydrogens (tertiary/aromatic N) is 2. The molecule has 0 unspecified atom stereocenters. The molecule has 1 aromatic carbocycles. The van der Waals surface area contributed by atoms with Crippen molar-refractivity contribution < 1.29 is 27.5 Å². The molecule has 32 heavy (non-hydrogen) atoms. The van der Waals surface area contributed by atoms with Gasteiger partial charge in [-0.15, -0.1) is 0 Å². The number of anilines is 1. The molecule has 2 aromatic rings. The van der Waals surface area contributed by atoms with Crippen LogP contribution in [0.2, 0.25) is 0 Å². The fourth-order valence-electron chi connectivity index (χ4n) is 3.42. The van der Waals surface area contributed by atoms with Crippen molar-refractivity contribution in [3.8, 4) is 11.5 Å². The summed E-state index contributed by atoms with van der Waals surface area (Å²) >= 11 is 0. The molecule has 2 amide bonds. The molecule has 1 fully saturated rings. The molecule has 1 saturated heterocycles. The van der Waals surface area contributed by atoms with Crippen LogP contribution in [0.4, 0.5) is 5.69 Å². The first-order valence-corrected chi connectivity index (χ1v) is 11.5. The van der Waals surface area contributed by atoms with Crippen molar-refractivity contribution in [3.05, 3.63) is 42.7 Å². The van der Waals surface area contributed by atoms with Crippen molar-refractivity contribution in [1.29, 1.82) is 0 Å². The molecule has 3 rings (SSSR count). The fraction of sp³-hybridized carbons (Fsp3) is 0.381. The van der Waals surface area contributed by atoms with E-state index in [4.69, 9.17) is 9.47 Å². The predicted molar refractivity (Wildman–Crippen MR) is 117 cm³/mol. The standard InChI is InChI=1S/C21H26N4O6S/c1-30-18-6-5-16(12-19(18)31-2)24-21(27)20(26)23-13-15-7-10-25(11-8-15)32(28,29)17-4-3-9-22-14-17/h3-6,9,12,14-15H,7-8,10-11,13H2,1-2H3,(H,23,26)(H,24,27). The molecule has 0 atom stereocenters. The van der Waals surface area contributed by atoms with Crippen LogP contribution in [0.15, 0.2) is 47.6 Å². The van der Waals surface area contributed by atoms with Crippen LogP contribution in [0, 0.1) is 5.92 Å². The lowest BCUT2D eigenvalue weighted by Crippen LogP contribution is -2.43. The minimum Gasteiger partial charge on any atom is -0.493 e. The third-order valence-corrected chi connectivity index (χ3v) is 7.13. The lowest BCUT2D eigenvalue weighted by molar-refractivity contribution is -0.136. The van der Waals surface area contributed by atoms with Crippen LogP contribution < -0.4 is 20.1 Å². The lowest BCUT2D eigenvalue weighted by Gasteiger charge is -2.31. The van der Waals surface area contributed by atoms with Gasteiger partial charge < -0.3 is 20.1 Å². The van der Waals surface area contributed by atoms with E-state index in [2.05, 4.69) is 15.6 Å². The van der Waals surface area contributed by atoms with E-state index < -0.39 is 21.8 Å². The molecule has 1 aliphatic heterocycles. The van der Waals surface area contributed by atoms with Crippen molar-refractivity contribution in [1.82, 2.24) is 14.6 Å². The Morgan fingerprint density at radius 3 is 2.44 bits per heavy atom. The molecule has 172 valence electrons. The number of hydrogen-bond acceptors (Lipinski definition) is 7. The van der Waals surface area contributed by atoms with Crippen LogP contribution >= 0.6 is 0 Å². The summed E-state index contributed by atoms with van der Waals surface area (Å²) < 4.78 is 37.1. The van der Waals surface area contributed by atoms with E-state index in [-0.39, 0.29) is 10.8 Å². The van der Waals surface area contributed by atoms with Crippen LogP contribution in [0.3, 0.4) is 0 Å². The number of ether oxygens (including phenoxy) is 2. The van der Waals surface area contributed by atoms with Crippen LogP contribution in [-0.2, 0) is 19.6 Å². The topological polar surface area (TPSA) is 127 Å². The predicted octanol–water partition coefficient (Wildman–Crippen LogP) is 1.25. The molecule has 2 heterocycles. The molecule has 0 aliphatic carbocycles. The van der Waals surface area contributed by atoms with E-state index in [1.807, 2.05) is 0 Å². The van der Waals surface area contributed by atoms with Gasteiger partial charge in [0.25, 0.3) is 0 Å². The minimum atomic E-state index is -3.58. The lowest BCUT2D eigenvalue weighted by atomic mass is 9.98. The van der Waals surface area contributed by atoms with Crippen LogP contribution in [0.25, 0.3) is 0 Å². The first kappa shape index (κ1) is 23.5. The Bertz CT molecular complexity index is 1050. The number of piperidine rings is 1. The number of carbonyl (C=O) groups is 2. The van der Waals surface area contributed by atoms with Gasteiger partial charge in [0.05, 0.1) is 14.2 Å². The molecule has 1 aliphatic rings. The second-order valence-electron chi connectivity index (χ2n) is 7.27. The summed E-state index contributed by atoms with van der Waals surface area (Å²) in [6.07, 6.45) is 4.02. The summed E-state index contributed by atoms with van der Waals surface area (Å²) in [6, 6.07) is 7.89. The van der Waals surface area contributed by atoms with E-state index in [9.17, 15) is 18.0 Å². The maximum absolute atomic E-state index is 12.7. The molecule has 11 heteroatoms. The van der Waals surface area contributed by atoms with Crippen LogP contribution in [0.5, 0.6) is 11.5 Å². The monoisotopic (exact) mass is 462 g/mol. The summed E-state index contributed by atoms with van der Waals surface area (Å²) in [5.41, 5.74) is 0.400. The van der Waals surface area contributed by atoms with Crippen LogP contribution in [0.1, 0.15) is 12.8 Å². The number of carbonyl (C=O) groups excluding carboxylic acids is 2. The number of amides is 2. The Morgan fingerprint density at radius 1 is 1.09 bits per heavy atom. The Morgan fingerprint density at radius 2 is 1.81 bits per heavy atom. The van der Waals surface area contributed by atoms with Gasteiger partial charge in [-0.25, -0.2) is 8.42 Å². The molecule has 1 aromatic heterocycles. The third-order valence-electron chi connectivity index (χ3n) is 5.24. The maximum Gasteiger partial charge on any atom is 0.313 e. The van der Waals surface area contributed by atoms with E-state index in [0.29, 0.717) is 49.7 Å². The highest BCUT2D eigenvalue weighted by Crippen LogP contribution is 2.29. The zero-order valence-corrected chi connectivity index (χ0v) is 18.7. The highest BCUT2D eigenvalue weighted by molar-refractivity contribution is 7.89. The number of benzene rings is 1. The number of aromatic nitrogens is 1. The second kappa shape index (κ2) is 10.4. The van der Waals surface area contributed by atoms with Gasteiger partial charge in [-0.2, -0.15) is 4.31 Å². The average Bonchev–Trinajstić information content (AvgIpc) is 2.83. The molecule has 0 bridgehead atoms. The summed E-state index contributed by atoms with van der Waals surface area (Å²) in [7, 11) is -0.597. The molecule has 0 saturated carbocycles. The average molecular weight is 463 g/mol. The smallest absolute Gasteiger partial charge is 0.313 e. The number of pyridine rings is 1. The maximum atomic E-state index is 12.7. The number of sulfonamides is 1. The van der Waals surface area contributed by atoms with Crippen LogP contribution in [-0.4, -0.2) is 63.4 Å². The van der Waals surface area contributed by atoms with Crippen molar-refractivity contribution >= 4 is 27.5 Å². The van der Waals surface area contributed by atoms with Crippen molar-refractivity contribution in [2.45, 2.75) is 17.7 Å². The molecule has 0 spiro atoms. The van der Waals surface area contributed by atoms with E-state index in [0.717, 1.165) is 0 Å². The summed E-state index contributed by atoms with van der Waals surface area (Å²) in [4.78, 5) is 28.4. The van der Waals surface area contributed by atoms with Gasteiger partial charge in [0.15, 0.2) is 11.5 Å². The summed E-state index contributed by atoms with van der Waals surface area (Å²) in [6.45, 7) is 0.976. The number of methoxy groups -OCH3 is 2. The second-order valence-corrected chi connectivity index (χ2v) is 9.21. The van der Waals surface area contributed by atoms with Gasteiger partial charge in [-0.1, -0.05) is 0 Å². The summed E-state index contributed by atoms with van der Waals surface area (Å²) in [5, 5.41) is 5.14. The van der Waals surface area contributed by atoms with Gasteiger partial charge in [-0.3, -0.25) is 14.6 Å². The molecule has 0 radical (unpaired) electrons. The van der Waals surface area contributed by atoms with Gasteiger partial charge >= 0.3 is 11.8 Å². The number of nitrogens with one attached hydrogen (secondary N) is 2. The fourth-order valence-corrected chi connectivity index (χ4v) is 4.86. The first-order valence-electron chi connectivity index (χ1n) is 10.1. The van der Waals surface area contributed by atoms with E-state index >= 15 is 0 Å². The SMILES string of the molecule is COc1ccc(NC(=O)C(=O)NCC2CCN(S(=O)(=O)c3cccnc3)CC2)cc1OC. The normalized spacial score (nSPS) is 15.1. The zero-order chi connectivity index (χ0) is 23.1. The molecule has 10 nitrogen and oxygen atoms in total. The molecular formula is C21H26N4O6S. The number of rotatable bonds is 7. The Balaban J connectivity index is 1.47. The van der Waals surface area contributed by atoms with Gasteiger partial charge in [0.1, 0.15) is 4.90 Å². The Labute approximate surface area is 187 Å². The Hall–Kier alpha value is -3.18. The van der Waals surface area contributed by atoms with Crippen molar-refractivity contribution in [2.24, 2.45) is 5.92 Å². The minimum absolute atomic E-state index is 0.0770. The highest BCUT2D eigenvalue weighted by Gasteiger charge is 2.30. The Kier molecular flexibility index (Phi) is 7.65. The third kappa shape index (κ3) is 5.54. The van der Waals surface area contributed by atoms with Crippen molar-refractivity contribution in [3.63, 3.8) is 0 Å². The molecule has 2 N–H and O–H groups in total. The van der Waals surface area contributed by atoms with Gasteiger partial charge in [0.2, 0.25) is 10.0 Å². The molecular weight excluding hydrogens is 436 g/mol. The van der Waals surface area contributed by atoms with E-state index in [1.54, 1.807) is 24.3 Å². The van der Waals surface area contributed by atoms with E-state index in [1.165, 1.54) is 37.0 Å². The summed E-state index contributed by atoms with van der Waals surface area (Å²) in [5.74, 6) is -0.544. The highest BCUT2D eigenvalue weighted by atomic mass is 32.2. The van der Waals surface area contributed by atoms with Gasteiger partial charge in [-0.05, 0) is 43.0 Å². The van der Waals surface area contributed by atoms with Crippen molar-refractivity contribution in [2.75, 3.05) is 39.2 Å². The largest absolute Gasteiger partial charge is 0.493 e. The van der Waals surface area contributed by atoms with Gasteiger partial charge in [0, 0.05) is 43.8 Å². The quantitative estimate of drug-likeness (QED) is 0.593. The number of hydrogen-bond donors (Lipinski definition) is 2. The zero-order valence-electron chi connectivity index (χ0n) is 17.9. The first-order chi connectivity index (χ1) is 15.3.